The Hall–Kier alpha value is -1.11. The third-order valence-electron chi connectivity index (χ3n) is 3.38. The fourth-order valence-corrected chi connectivity index (χ4v) is 2.48. The van der Waals surface area contributed by atoms with Crippen molar-refractivity contribution in [1.29, 1.82) is 0 Å². The minimum atomic E-state index is -4.11. The molecule has 18 heavy (non-hydrogen) atoms. The summed E-state index contributed by atoms with van der Waals surface area (Å²) in [6.45, 7) is 0.338. The monoisotopic (exact) mass is 262 g/mol. The minimum Gasteiger partial charge on any atom is -0.308 e. The Balaban J connectivity index is 1.93. The standard InChI is InChI=1S/C11H17F3N4/c1-18-7-8(16-17-18)6-15-10-5-3-2-4-9(10)11(12,13)14/h7,9-10,15H,2-6H2,1H3. The van der Waals surface area contributed by atoms with Gasteiger partial charge in [-0.2, -0.15) is 13.2 Å². The Morgan fingerprint density at radius 2 is 2.11 bits per heavy atom. The summed E-state index contributed by atoms with van der Waals surface area (Å²) in [4.78, 5) is 0. The molecule has 0 aliphatic heterocycles. The molecule has 0 bridgehead atoms. The van der Waals surface area contributed by atoms with Crippen molar-refractivity contribution in [3.8, 4) is 0 Å². The maximum atomic E-state index is 12.8. The van der Waals surface area contributed by atoms with Crippen LogP contribution < -0.4 is 5.32 Å². The van der Waals surface area contributed by atoms with Gasteiger partial charge in [0, 0.05) is 25.8 Å². The average Bonchev–Trinajstić information content (AvgIpc) is 2.72. The van der Waals surface area contributed by atoms with E-state index in [1.54, 1.807) is 17.9 Å². The summed E-state index contributed by atoms with van der Waals surface area (Å²) in [6.07, 6.45) is -0.0941. The molecular weight excluding hydrogens is 245 g/mol. The van der Waals surface area contributed by atoms with Gasteiger partial charge in [0.1, 0.15) is 0 Å². The van der Waals surface area contributed by atoms with Crippen LogP contribution in [0.25, 0.3) is 0 Å². The van der Waals surface area contributed by atoms with Crippen LogP contribution in [0.3, 0.4) is 0 Å². The van der Waals surface area contributed by atoms with Crippen LogP contribution in [0.15, 0.2) is 6.20 Å². The van der Waals surface area contributed by atoms with Crippen molar-refractivity contribution in [3.05, 3.63) is 11.9 Å². The van der Waals surface area contributed by atoms with E-state index in [1.807, 2.05) is 0 Å². The Bertz CT molecular complexity index is 388. The second kappa shape index (κ2) is 5.26. The molecule has 0 spiro atoms. The van der Waals surface area contributed by atoms with E-state index in [4.69, 9.17) is 0 Å². The zero-order chi connectivity index (χ0) is 13.2. The van der Waals surface area contributed by atoms with Crippen molar-refractivity contribution in [3.63, 3.8) is 0 Å². The van der Waals surface area contributed by atoms with Crippen molar-refractivity contribution in [2.45, 2.75) is 44.4 Å². The van der Waals surface area contributed by atoms with Gasteiger partial charge in [0.2, 0.25) is 0 Å². The molecule has 1 fully saturated rings. The second-order valence-corrected chi connectivity index (χ2v) is 4.80. The summed E-state index contributed by atoms with van der Waals surface area (Å²) in [7, 11) is 1.73. The molecule has 2 rings (SSSR count). The second-order valence-electron chi connectivity index (χ2n) is 4.80. The SMILES string of the molecule is Cn1cc(CNC2CCCCC2C(F)(F)F)nn1. The van der Waals surface area contributed by atoms with E-state index < -0.39 is 18.1 Å². The predicted octanol–water partition coefficient (Wildman–Crippen LogP) is 2.03. The van der Waals surface area contributed by atoms with Crippen LogP contribution in [-0.2, 0) is 13.6 Å². The Morgan fingerprint density at radius 3 is 2.72 bits per heavy atom. The smallest absolute Gasteiger partial charge is 0.308 e. The largest absolute Gasteiger partial charge is 0.393 e. The lowest BCUT2D eigenvalue weighted by Crippen LogP contribution is -2.45. The van der Waals surface area contributed by atoms with Crippen LogP contribution in [0.5, 0.6) is 0 Å². The Kier molecular flexibility index (Phi) is 3.89. The highest BCUT2D eigenvalue weighted by molar-refractivity contribution is 4.93. The van der Waals surface area contributed by atoms with Crippen LogP contribution in [0.1, 0.15) is 31.4 Å². The zero-order valence-corrected chi connectivity index (χ0v) is 10.2. The summed E-state index contributed by atoms with van der Waals surface area (Å²) in [6, 6.07) is -0.499. The third-order valence-corrected chi connectivity index (χ3v) is 3.38. The minimum absolute atomic E-state index is 0.224. The first-order chi connectivity index (χ1) is 8.47. The maximum absolute atomic E-state index is 12.8. The van der Waals surface area contributed by atoms with Crippen LogP contribution >= 0.6 is 0 Å². The molecule has 102 valence electrons. The molecule has 7 heteroatoms. The van der Waals surface area contributed by atoms with Gasteiger partial charge in [0.15, 0.2) is 0 Å². The van der Waals surface area contributed by atoms with Crippen molar-refractivity contribution in [2.24, 2.45) is 13.0 Å². The number of alkyl halides is 3. The fourth-order valence-electron chi connectivity index (χ4n) is 2.48. The normalized spacial score (nSPS) is 25.3. The molecule has 0 radical (unpaired) electrons. The van der Waals surface area contributed by atoms with Gasteiger partial charge in [0.25, 0.3) is 0 Å². The van der Waals surface area contributed by atoms with Crippen molar-refractivity contribution >= 4 is 0 Å². The summed E-state index contributed by atoms with van der Waals surface area (Å²) >= 11 is 0. The molecule has 1 aromatic rings. The molecule has 4 nitrogen and oxygen atoms in total. The first-order valence-corrected chi connectivity index (χ1v) is 6.12. The van der Waals surface area contributed by atoms with Gasteiger partial charge in [0.05, 0.1) is 11.6 Å². The van der Waals surface area contributed by atoms with E-state index in [0.717, 1.165) is 6.42 Å². The average molecular weight is 262 g/mol. The van der Waals surface area contributed by atoms with Crippen molar-refractivity contribution < 1.29 is 13.2 Å². The van der Waals surface area contributed by atoms with E-state index in [1.165, 1.54) is 0 Å². The van der Waals surface area contributed by atoms with Gasteiger partial charge in [-0.25, -0.2) is 0 Å². The van der Waals surface area contributed by atoms with E-state index >= 15 is 0 Å². The lowest BCUT2D eigenvalue weighted by Gasteiger charge is -2.33. The van der Waals surface area contributed by atoms with Gasteiger partial charge < -0.3 is 5.32 Å². The van der Waals surface area contributed by atoms with Crippen molar-refractivity contribution in [1.82, 2.24) is 20.3 Å². The first kappa shape index (κ1) is 13.3. The molecule has 1 aliphatic rings. The Morgan fingerprint density at radius 1 is 1.39 bits per heavy atom. The molecule has 0 aromatic carbocycles. The van der Waals surface area contributed by atoms with Gasteiger partial charge in [-0.3, -0.25) is 4.68 Å². The Labute approximate surface area is 104 Å². The number of nitrogens with zero attached hydrogens (tertiary/aromatic N) is 3. The molecule has 1 aromatic heterocycles. The van der Waals surface area contributed by atoms with Gasteiger partial charge in [-0.05, 0) is 12.8 Å². The molecule has 1 heterocycles. The number of halogens is 3. The molecular formula is C11H17F3N4. The summed E-state index contributed by atoms with van der Waals surface area (Å²) in [5.41, 5.74) is 0.670. The summed E-state index contributed by atoms with van der Waals surface area (Å²) < 4.78 is 40.1. The highest BCUT2D eigenvalue weighted by Gasteiger charge is 2.45. The van der Waals surface area contributed by atoms with E-state index in [0.29, 0.717) is 25.1 Å². The van der Waals surface area contributed by atoms with E-state index in [2.05, 4.69) is 15.6 Å². The fraction of sp³-hybridized carbons (Fsp3) is 0.818. The molecule has 2 atom stereocenters. The highest BCUT2D eigenvalue weighted by atomic mass is 19.4. The molecule has 0 amide bonds. The predicted molar refractivity (Wildman–Crippen MR) is 59.6 cm³/mol. The lowest BCUT2D eigenvalue weighted by atomic mass is 9.84. The summed E-state index contributed by atoms with van der Waals surface area (Å²) in [5.74, 6) is -1.23. The van der Waals surface area contributed by atoms with E-state index in [9.17, 15) is 13.2 Å². The zero-order valence-electron chi connectivity index (χ0n) is 10.2. The number of aromatic nitrogens is 3. The van der Waals surface area contributed by atoms with Gasteiger partial charge in [-0.15, -0.1) is 5.10 Å². The molecule has 0 saturated heterocycles. The third kappa shape index (κ3) is 3.22. The molecule has 2 unspecified atom stereocenters. The number of hydrogen-bond donors (Lipinski definition) is 1. The molecule has 1 N–H and O–H groups in total. The topological polar surface area (TPSA) is 42.7 Å². The molecule has 1 saturated carbocycles. The van der Waals surface area contributed by atoms with Gasteiger partial charge >= 0.3 is 6.18 Å². The van der Waals surface area contributed by atoms with Crippen LogP contribution in [-0.4, -0.2) is 27.2 Å². The van der Waals surface area contributed by atoms with E-state index in [-0.39, 0.29) is 6.42 Å². The maximum Gasteiger partial charge on any atom is 0.393 e. The number of rotatable bonds is 3. The summed E-state index contributed by atoms with van der Waals surface area (Å²) in [5, 5.41) is 10.6. The number of aryl methyl sites for hydroxylation is 1. The van der Waals surface area contributed by atoms with Crippen LogP contribution in [0.4, 0.5) is 13.2 Å². The highest BCUT2D eigenvalue weighted by Crippen LogP contribution is 2.37. The number of hydrogen-bond acceptors (Lipinski definition) is 3. The van der Waals surface area contributed by atoms with Crippen molar-refractivity contribution in [2.75, 3.05) is 0 Å². The quantitative estimate of drug-likeness (QED) is 0.906. The lowest BCUT2D eigenvalue weighted by molar-refractivity contribution is -0.189. The molecule has 1 aliphatic carbocycles. The first-order valence-electron chi connectivity index (χ1n) is 6.12. The van der Waals surface area contributed by atoms with Gasteiger partial charge in [-0.1, -0.05) is 18.1 Å². The van der Waals surface area contributed by atoms with Crippen LogP contribution in [0, 0.1) is 5.92 Å². The van der Waals surface area contributed by atoms with Crippen LogP contribution in [0.2, 0.25) is 0 Å². The number of nitrogens with one attached hydrogen (secondary N) is 1.